The van der Waals surface area contributed by atoms with Crippen molar-refractivity contribution in [3.8, 4) is 0 Å². The smallest absolute Gasteiger partial charge is 0.251 e. The number of carbonyl (C=O) groups is 2. The van der Waals surface area contributed by atoms with Crippen LogP contribution in [-0.2, 0) is 24.3 Å². The van der Waals surface area contributed by atoms with Crippen molar-refractivity contribution in [1.29, 1.82) is 0 Å². The summed E-state index contributed by atoms with van der Waals surface area (Å²) in [6, 6.07) is 16.9. The highest BCUT2D eigenvalue weighted by Crippen LogP contribution is 2.31. The number of anilines is 1. The Morgan fingerprint density at radius 2 is 2.00 bits per heavy atom. The van der Waals surface area contributed by atoms with E-state index in [4.69, 9.17) is 0 Å². The maximum atomic E-state index is 13.4. The van der Waals surface area contributed by atoms with Crippen molar-refractivity contribution in [1.82, 2.24) is 10.3 Å². The van der Waals surface area contributed by atoms with Gasteiger partial charge in [-0.2, -0.15) is 0 Å². The van der Waals surface area contributed by atoms with Crippen LogP contribution in [0.5, 0.6) is 0 Å². The summed E-state index contributed by atoms with van der Waals surface area (Å²) in [5, 5.41) is 2.83. The van der Waals surface area contributed by atoms with E-state index in [1.165, 1.54) is 12.1 Å². The molecule has 0 aliphatic carbocycles. The summed E-state index contributed by atoms with van der Waals surface area (Å²) in [6.07, 6.45) is 1.90. The zero-order valence-electron chi connectivity index (χ0n) is 15.1. The van der Waals surface area contributed by atoms with Crippen LogP contribution in [0.4, 0.5) is 10.1 Å². The number of pyridine rings is 1. The van der Waals surface area contributed by atoms with Gasteiger partial charge in [-0.05, 0) is 53.6 Å². The van der Waals surface area contributed by atoms with Crippen LogP contribution in [0.2, 0.25) is 0 Å². The number of amides is 2. The fourth-order valence-electron chi connectivity index (χ4n) is 3.29. The highest BCUT2D eigenvalue weighted by molar-refractivity contribution is 6.03. The second-order valence-electron chi connectivity index (χ2n) is 6.63. The van der Waals surface area contributed by atoms with E-state index in [0.717, 1.165) is 22.5 Å². The Bertz CT molecular complexity index is 1040. The lowest BCUT2D eigenvalue weighted by atomic mass is 10.1. The Labute approximate surface area is 161 Å². The quantitative estimate of drug-likeness (QED) is 0.745. The van der Waals surface area contributed by atoms with E-state index in [2.05, 4.69) is 10.3 Å². The third-order valence-electron chi connectivity index (χ3n) is 4.66. The third-order valence-corrected chi connectivity index (χ3v) is 4.66. The number of fused-ring (bicyclic) bond motifs is 1. The predicted octanol–water partition coefficient (Wildman–Crippen LogP) is 3.24. The number of aromatic nitrogens is 1. The lowest BCUT2D eigenvalue weighted by molar-refractivity contribution is -0.117. The Morgan fingerprint density at radius 3 is 2.79 bits per heavy atom. The van der Waals surface area contributed by atoms with Crippen molar-refractivity contribution in [2.24, 2.45) is 0 Å². The molecule has 0 radical (unpaired) electrons. The third kappa shape index (κ3) is 3.76. The number of halogens is 1. The van der Waals surface area contributed by atoms with E-state index in [9.17, 15) is 14.0 Å². The zero-order chi connectivity index (χ0) is 19.5. The average molecular weight is 375 g/mol. The van der Waals surface area contributed by atoms with Crippen molar-refractivity contribution in [2.75, 3.05) is 4.90 Å². The topological polar surface area (TPSA) is 62.3 Å². The van der Waals surface area contributed by atoms with Gasteiger partial charge in [-0.25, -0.2) is 4.39 Å². The first-order chi connectivity index (χ1) is 13.6. The Balaban J connectivity index is 1.48. The summed E-state index contributed by atoms with van der Waals surface area (Å²) in [7, 11) is 0. The van der Waals surface area contributed by atoms with Crippen LogP contribution in [0.25, 0.3) is 0 Å². The molecular weight excluding hydrogens is 357 g/mol. The minimum Gasteiger partial charge on any atom is -0.346 e. The van der Waals surface area contributed by atoms with Crippen LogP contribution >= 0.6 is 0 Å². The summed E-state index contributed by atoms with van der Waals surface area (Å²) in [5.41, 5.74) is 3.55. The van der Waals surface area contributed by atoms with Gasteiger partial charge >= 0.3 is 0 Å². The molecule has 5 nitrogen and oxygen atoms in total. The van der Waals surface area contributed by atoms with Gasteiger partial charge in [0, 0.05) is 17.4 Å². The van der Waals surface area contributed by atoms with Gasteiger partial charge in [-0.15, -0.1) is 0 Å². The Kier molecular flexibility index (Phi) is 4.85. The second kappa shape index (κ2) is 7.60. The molecule has 1 aromatic heterocycles. The molecule has 0 saturated carbocycles. The maximum absolute atomic E-state index is 13.4. The molecular formula is C22H18FN3O2. The van der Waals surface area contributed by atoms with Gasteiger partial charge in [0.25, 0.3) is 5.91 Å². The van der Waals surface area contributed by atoms with Crippen LogP contribution in [-0.4, -0.2) is 16.8 Å². The minimum atomic E-state index is -0.329. The summed E-state index contributed by atoms with van der Waals surface area (Å²) < 4.78 is 13.4. The molecule has 140 valence electrons. The van der Waals surface area contributed by atoms with Gasteiger partial charge in [0.15, 0.2) is 0 Å². The normalized spacial score (nSPS) is 12.8. The number of hydrogen-bond donors (Lipinski definition) is 1. The molecule has 0 spiro atoms. The second-order valence-corrected chi connectivity index (χ2v) is 6.63. The zero-order valence-corrected chi connectivity index (χ0v) is 15.1. The van der Waals surface area contributed by atoms with E-state index < -0.39 is 0 Å². The molecule has 0 atom stereocenters. The number of rotatable bonds is 5. The van der Waals surface area contributed by atoms with Crippen LogP contribution < -0.4 is 10.2 Å². The molecule has 1 aliphatic heterocycles. The molecule has 0 saturated heterocycles. The highest BCUT2D eigenvalue weighted by atomic mass is 19.1. The molecule has 28 heavy (non-hydrogen) atoms. The van der Waals surface area contributed by atoms with Crippen molar-refractivity contribution in [3.05, 3.63) is 95.1 Å². The monoisotopic (exact) mass is 375 g/mol. The van der Waals surface area contributed by atoms with Crippen molar-refractivity contribution in [3.63, 3.8) is 0 Å². The first-order valence-electron chi connectivity index (χ1n) is 8.96. The van der Waals surface area contributed by atoms with Gasteiger partial charge in [0.05, 0.1) is 25.2 Å². The molecule has 2 heterocycles. The first kappa shape index (κ1) is 17.9. The lowest BCUT2D eigenvalue weighted by Gasteiger charge is -2.18. The van der Waals surface area contributed by atoms with Crippen LogP contribution in [0.15, 0.2) is 66.9 Å². The van der Waals surface area contributed by atoms with Gasteiger partial charge in [-0.3, -0.25) is 14.6 Å². The minimum absolute atomic E-state index is 0.0645. The summed E-state index contributed by atoms with van der Waals surface area (Å²) in [5.74, 6) is -0.612. The van der Waals surface area contributed by atoms with E-state index in [1.807, 2.05) is 18.2 Å². The van der Waals surface area contributed by atoms with Crippen LogP contribution in [0.3, 0.4) is 0 Å². The maximum Gasteiger partial charge on any atom is 0.251 e. The van der Waals surface area contributed by atoms with E-state index in [0.29, 0.717) is 18.7 Å². The molecule has 3 aromatic rings. The first-order valence-corrected chi connectivity index (χ1v) is 8.96. The molecule has 0 fully saturated rings. The number of carbonyl (C=O) groups excluding carboxylic acids is 2. The van der Waals surface area contributed by atoms with Crippen molar-refractivity contribution in [2.45, 2.75) is 19.5 Å². The summed E-state index contributed by atoms with van der Waals surface area (Å²) in [6.45, 7) is 0.635. The van der Waals surface area contributed by atoms with Crippen molar-refractivity contribution >= 4 is 17.5 Å². The lowest BCUT2D eigenvalue weighted by Crippen LogP contribution is -2.26. The molecule has 0 bridgehead atoms. The van der Waals surface area contributed by atoms with Crippen LogP contribution in [0, 0.1) is 5.82 Å². The van der Waals surface area contributed by atoms with Gasteiger partial charge in [0.2, 0.25) is 5.91 Å². The van der Waals surface area contributed by atoms with Gasteiger partial charge in [-0.1, -0.05) is 18.2 Å². The summed E-state index contributed by atoms with van der Waals surface area (Å²) >= 11 is 0. The van der Waals surface area contributed by atoms with Crippen LogP contribution in [0.1, 0.15) is 27.2 Å². The molecule has 4 rings (SSSR count). The van der Waals surface area contributed by atoms with Crippen molar-refractivity contribution < 1.29 is 14.0 Å². The standard InChI is InChI=1S/C22H18FN3O2/c23-18-5-3-4-15(10-18)14-26-20-8-7-16(11-17(20)12-21(26)27)22(28)25-13-19-6-1-2-9-24-19/h1-11H,12-14H2,(H,25,28). The highest BCUT2D eigenvalue weighted by Gasteiger charge is 2.28. The number of benzene rings is 2. The van der Waals surface area contributed by atoms with Gasteiger partial charge in [0.1, 0.15) is 5.82 Å². The van der Waals surface area contributed by atoms with E-state index in [-0.39, 0.29) is 24.1 Å². The Hall–Kier alpha value is -3.54. The summed E-state index contributed by atoms with van der Waals surface area (Å²) in [4.78, 5) is 30.7. The molecule has 1 N–H and O–H groups in total. The van der Waals surface area contributed by atoms with Gasteiger partial charge < -0.3 is 10.2 Å². The predicted molar refractivity (Wildman–Crippen MR) is 103 cm³/mol. The molecule has 2 aromatic carbocycles. The fraction of sp³-hybridized carbons (Fsp3) is 0.136. The molecule has 2 amide bonds. The molecule has 1 aliphatic rings. The van der Waals surface area contributed by atoms with E-state index >= 15 is 0 Å². The number of nitrogens with one attached hydrogen (secondary N) is 1. The largest absolute Gasteiger partial charge is 0.346 e. The SMILES string of the molecule is O=C(NCc1ccccn1)c1ccc2c(c1)CC(=O)N2Cc1cccc(F)c1. The number of nitrogens with zero attached hydrogens (tertiary/aromatic N) is 2. The fourth-order valence-corrected chi connectivity index (χ4v) is 3.29. The Morgan fingerprint density at radius 1 is 1.11 bits per heavy atom. The average Bonchev–Trinajstić information content (AvgIpc) is 3.01. The molecule has 6 heteroatoms. The molecule has 0 unspecified atom stereocenters. The number of hydrogen-bond acceptors (Lipinski definition) is 3. The van der Waals surface area contributed by atoms with E-state index in [1.54, 1.807) is 41.4 Å².